The topological polar surface area (TPSA) is 9.23 Å². The second kappa shape index (κ2) is 9.18. The molecule has 0 fully saturated rings. The Labute approximate surface area is 151 Å². The molecule has 0 aliphatic heterocycles. The molecule has 25 heavy (non-hydrogen) atoms. The molecule has 0 saturated carbocycles. The maximum absolute atomic E-state index is 12.7. The van der Waals surface area contributed by atoms with Gasteiger partial charge in [0.15, 0.2) is 0 Å². The number of ether oxygens (including phenoxy) is 1. The van der Waals surface area contributed by atoms with Crippen LogP contribution in [0.25, 0.3) is 0 Å². The van der Waals surface area contributed by atoms with Crippen molar-refractivity contribution < 1.29 is 17.9 Å². The van der Waals surface area contributed by atoms with Gasteiger partial charge in [-0.1, -0.05) is 25.5 Å². The Balaban J connectivity index is 1.78. The standard InChI is InChI=1S/C20H23F3OS/c1-3-6-16-13-19(10-9-15(16)2)25-12-5-11-24-18-8-4-7-17(14-18)20(21,22)23/h4,7-10,13-14H,3,5-6,11-12H2,1-2H3. The van der Waals surface area contributed by atoms with Crippen molar-refractivity contribution in [1.29, 1.82) is 0 Å². The molecule has 2 aromatic rings. The lowest BCUT2D eigenvalue weighted by Gasteiger charge is -2.10. The van der Waals surface area contributed by atoms with E-state index >= 15 is 0 Å². The van der Waals surface area contributed by atoms with Gasteiger partial charge in [0.25, 0.3) is 0 Å². The van der Waals surface area contributed by atoms with Crippen LogP contribution in [0.2, 0.25) is 0 Å². The highest BCUT2D eigenvalue weighted by atomic mass is 32.2. The summed E-state index contributed by atoms with van der Waals surface area (Å²) in [5.74, 6) is 1.13. The molecular formula is C20H23F3OS. The molecule has 0 aliphatic rings. The van der Waals surface area contributed by atoms with Gasteiger partial charge >= 0.3 is 6.18 Å². The lowest BCUT2D eigenvalue weighted by atomic mass is 10.0. The Morgan fingerprint density at radius 1 is 1.08 bits per heavy atom. The van der Waals surface area contributed by atoms with Crippen molar-refractivity contribution in [2.75, 3.05) is 12.4 Å². The van der Waals surface area contributed by atoms with Crippen molar-refractivity contribution in [3.05, 3.63) is 59.2 Å². The molecule has 2 rings (SSSR count). The van der Waals surface area contributed by atoms with Gasteiger partial charge in [0.1, 0.15) is 5.75 Å². The van der Waals surface area contributed by atoms with Crippen LogP contribution < -0.4 is 4.74 Å². The van der Waals surface area contributed by atoms with E-state index < -0.39 is 11.7 Å². The molecule has 5 heteroatoms. The number of rotatable bonds is 8. The van der Waals surface area contributed by atoms with Gasteiger partial charge < -0.3 is 4.74 Å². The molecule has 0 aliphatic carbocycles. The first-order valence-corrected chi connectivity index (χ1v) is 9.41. The van der Waals surface area contributed by atoms with Crippen molar-refractivity contribution in [1.82, 2.24) is 0 Å². The molecular weight excluding hydrogens is 345 g/mol. The monoisotopic (exact) mass is 368 g/mol. The van der Waals surface area contributed by atoms with Crippen LogP contribution in [-0.2, 0) is 12.6 Å². The summed E-state index contributed by atoms with van der Waals surface area (Å²) in [5.41, 5.74) is 2.02. The zero-order valence-corrected chi connectivity index (χ0v) is 15.3. The molecule has 0 amide bonds. The van der Waals surface area contributed by atoms with Crippen molar-refractivity contribution in [2.45, 2.75) is 44.2 Å². The van der Waals surface area contributed by atoms with Crippen LogP contribution in [0.15, 0.2) is 47.4 Å². The normalized spacial score (nSPS) is 11.6. The minimum Gasteiger partial charge on any atom is -0.494 e. The maximum atomic E-state index is 12.7. The van der Waals surface area contributed by atoms with E-state index in [0.717, 1.165) is 37.1 Å². The summed E-state index contributed by atoms with van der Waals surface area (Å²) in [7, 11) is 0. The molecule has 136 valence electrons. The summed E-state index contributed by atoms with van der Waals surface area (Å²) in [6, 6.07) is 11.5. The van der Waals surface area contributed by atoms with E-state index in [4.69, 9.17) is 4.74 Å². The molecule has 0 bridgehead atoms. The molecule has 0 atom stereocenters. The average molecular weight is 368 g/mol. The second-order valence-corrected chi connectivity index (χ2v) is 7.08. The first kappa shape index (κ1) is 19.7. The van der Waals surface area contributed by atoms with E-state index in [2.05, 4.69) is 32.0 Å². The number of thioether (sulfide) groups is 1. The van der Waals surface area contributed by atoms with Gasteiger partial charge in [0.05, 0.1) is 12.2 Å². The summed E-state index contributed by atoms with van der Waals surface area (Å²) in [5, 5.41) is 0. The number of benzene rings is 2. The van der Waals surface area contributed by atoms with Crippen molar-refractivity contribution >= 4 is 11.8 Å². The number of hydrogen-bond acceptors (Lipinski definition) is 2. The summed E-state index contributed by atoms with van der Waals surface area (Å²) in [6.07, 6.45) is -1.35. The first-order chi connectivity index (χ1) is 11.9. The summed E-state index contributed by atoms with van der Waals surface area (Å²) in [4.78, 5) is 1.23. The fourth-order valence-electron chi connectivity index (χ4n) is 2.48. The Morgan fingerprint density at radius 2 is 1.88 bits per heavy atom. The molecule has 0 spiro atoms. The third-order valence-corrected chi connectivity index (χ3v) is 4.91. The van der Waals surface area contributed by atoms with Crippen LogP contribution in [-0.4, -0.2) is 12.4 Å². The Hall–Kier alpha value is -1.62. The van der Waals surface area contributed by atoms with Gasteiger partial charge in [-0.2, -0.15) is 13.2 Å². The summed E-state index contributed by atoms with van der Waals surface area (Å²) < 4.78 is 43.4. The highest BCUT2D eigenvalue weighted by Gasteiger charge is 2.30. The molecule has 2 aromatic carbocycles. The van der Waals surface area contributed by atoms with E-state index in [-0.39, 0.29) is 5.75 Å². The summed E-state index contributed by atoms with van der Waals surface area (Å²) >= 11 is 1.75. The second-order valence-electron chi connectivity index (χ2n) is 5.91. The molecule has 0 unspecified atom stereocenters. The molecule has 0 heterocycles. The lowest BCUT2D eigenvalue weighted by molar-refractivity contribution is -0.137. The third kappa shape index (κ3) is 6.31. The number of aryl methyl sites for hydroxylation is 2. The average Bonchev–Trinajstić information content (AvgIpc) is 2.57. The van der Waals surface area contributed by atoms with Gasteiger partial charge in [-0.25, -0.2) is 0 Å². The minimum atomic E-state index is -4.34. The maximum Gasteiger partial charge on any atom is 0.416 e. The highest BCUT2D eigenvalue weighted by Crippen LogP contribution is 2.31. The van der Waals surface area contributed by atoms with Crippen LogP contribution in [0.4, 0.5) is 13.2 Å². The predicted molar refractivity (Wildman–Crippen MR) is 97.5 cm³/mol. The van der Waals surface area contributed by atoms with Crippen molar-refractivity contribution in [3.8, 4) is 5.75 Å². The molecule has 1 nitrogen and oxygen atoms in total. The van der Waals surface area contributed by atoms with Gasteiger partial charge in [-0.3, -0.25) is 0 Å². The van der Waals surface area contributed by atoms with E-state index in [9.17, 15) is 13.2 Å². The van der Waals surface area contributed by atoms with Crippen LogP contribution in [0, 0.1) is 6.92 Å². The van der Waals surface area contributed by atoms with Gasteiger partial charge in [-0.15, -0.1) is 11.8 Å². The summed E-state index contributed by atoms with van der Waals surface area (Å²) in [6.45, 7) is 4.70. The highest BCUT2D eigenvalue weighted by molar-refractivity contribution is 7.99. The fraction of sp³-hybridized carbons (Fsp3) is 0.400. The Bertz CT molecular complexity index is 683. The predicted octanol–water partition coefficient (Wildman–Crippen LogP) is 6.53. The first-order valence-electron chi connectivity index (χ1n) is 8.42. The minimum absolute atomic E-state index is 0.264. The van der Waals surface area contributed by atoms with Crippen LogP contribution in [0.3, 0.4) is 0 Å². The van der Waals surface area contributed by atoms with Crippen LogP contribution in [0.1, 0.15) is 36.5 Å². The van der Waals surface area contributed by atoms with E-state index in [1.54, 1.807) is 17.8 Å². The van der Waals surface area contributed by atoms with Crippen molar-refractivity contribution in [3.63, 3.8) is 0 Å². The van der Waals surface area contributed by atoms with Crippen molar-refractivity contribution in [2.24, 2.45) is 0 Å². The fourth-order valence-corrected chi connectivity index (χ4v) is 3.37. The van der Waals surface area contributed by atoms with E-state index in [1.165, 1.54) is 22.1 Å². The lowest BCUT2D eigenvalue weighted by Crippen LogP contribution is -2.05. The third-order valence-electron chi connectivity index (χ3n) is 3.83. The number of alkyl halides is 3. The number of hydrogen-bond donors (Lipinski definition) is 0. The molecule has 0 radical (unpaired) electrons. The largest absolute Gasteiger partial charge is 0.494 e. The Kier molecular flexibility index (Phi) is 7.24. The molecule has 0 aromatic heterocycles. The quantitative estimate of drug-likeness (QED) is 0.387. The molecule has 0 saturated heterocycles. The number of halogens is 3. The zero-order valence-electron chi connectivity index (χ0n) is 14.5. The molecule has 0 N–H and O–H groups in total. The van der Waals surface area contributed by atoms with E-state index in [1.807, 2.05) is 0 Å². The smallest absolute Gasteiger partial charge is 0.416 e. The van der Waals surface area contributed by atoms with Gasteiger partial charge in [-0.05, 0) is 61.2 Å². The van der Waals surface area contributed by atoms with Crippen LogP contribution >= 0.6 is 11.8 Å². The Morgan fingerprint density at radius 3 is 2.60 bits per heavy atom. The van der Waals surface area contributed by atoms with Gasteiger partial charge in [0, 0.05) is 10.6 Å². The van der Waals surface area contributed by atoms with E-state index in [0.29, 0.717) is 6.61 Å². The zero-order chi connectivity index (χ0) is 18.3. The SMILES string of the molecule is CCCc1cc(SCCCOc2cccc(C(F)(F)F)c2)ccc1C. The van der Waals surface area contributed by atoms with Gasteiger partial charge in [0.2, 0.25) is 0 Å². The van der Waals surface area contributed by atoms with Crippen LogP contribution in [0.5, 0.6) is 5.75 Å².